The number of carboxylic acid groups (broad SMARTS) is 2. The van der Waals surface area contributed by atoms with Crippen molar-refractivity contribution in [2.75, 3.05) is 19.6 Å². The molecule has 2 N–H and O–H groups in total. The predicted molar refractivity (Wildman–Crippen MR) is 87.7 cm³/mol. The lowest BCUT2D eigenvalue weighted by molar-refractivity contribution is -0.134. The number of aromatic nitrogens is 2. The summed E-state index contributed by atoms with van der Waals surface area (Å²) in [7, 11) is 0. The zero-order chi connectivity index (χ0) is 17.5. The van der Waals surface area contributed by atoms with Gasteiger partial charge >= 0.3 is 11.9 Å². The summed E-state index contributed by atoms with van der Waals surface area (Å²) >= 11 is 3.27. The van der Waals surface area contributed by atoms with Crippen molar-refractivity contribution in [3.63, 3.8) is 0 Å². The van der Waals surface area contributed by atoms with E-state index in [0.29, 0.717) is 30.1 Å². The number of hydrogen-bond donors (Lipinski definition) is 2. The quantitative estimate of drug-likeness (QED) is 0.730. The van der Waals surface area contributed by atoms with E-state index < -0.39 is 11.9 Å². The molecule has 1 atom stereocenters. The van der Waals surface area contributed by atoms with Crippen LogP contribution in [0.25, 0.3) is 0 Å². The Labute approximate surface area is 147 Å². The van der Waals surface area contributed by atoms with Crippen LogP contribution in [-0.2, 0) is 9.59 Å². The van der Waals surface area contributed by atoms with Crippen LogP contribution in [0.2, 0.25) is 0 Å². The highest BCUT2D eigenvalue weighted by molar-refractivity contribution is 9.10. The molecular weight excluding hydrogens is 382 g/mol. The third kappa shape index (κ3) is 5.89. The lowest BCUT2D eigenvalue weighted by Crippen LogP contribution is -2.52. The highest BCUT2D eigenvalue weighted by atomic mass is 79.9. The highest BCUT2D eigenvalue weighted by Crippen LogP contribution is 2.30. The number of halogens is 1. The average molecular weight is 400 g/mol. The van der Waals surface area contributed by atoms with Crippen LogP contribution in [0.4, 0.5) is 0 Å². The third-order valence-corrected chi connectivity index (χ3v) is 4.27. The number of ether oxygens (including phenoxy) is 1. The second kappa shape index (κ2) is 8.74. The van der Waals surface area contributed by atoms with Gasteiger partial charge in [-0.15, -0.1) is 10.2 Å². The molecule has 1 aromatic heterocycles. The summed E-state index contributed by atoms with van der Waals surface area (Å²) in [6, 6.07) is 3.73. The van der Waals surface area contributed by atoms with Crippen LogP contribution >= 0.6 is 15.9 Å². The maximum absolute atomic E-state index is 9.55. The van der Waals surface area contributed by atoms with Gasteiger partial charge in [-0.3, -0.25) is 4.90 Å². The molecule has 3 saturated heterocycles. The van der Waals surface area contributed by atoms with Crippen LogP contribution < -0.4 is 4.74 Å². The van der Waals surface area contributed by atoms with Crippen molar-refractivity contribution in [1.29, 1.82) is 0 Å². The van der Waals surface area contributed by atoms with Gasteiger partial charge in [-0.1, -0.05) is 0 Å². The molecule has 0 aromatic carbocycles. The van der Waals surface area contributed by atoms with Gasteiger partial charge in [-0.2, -0.15) is 0 Å². The Bertz CT molecular complexity index is 584. The van der Waals surface area contributed by atoms with E-state index in [0.717, 1.165) is 11.1 Å². The largest absolute Gasteiger partial charge is 0.478 e. The van der Waals surface area contributed by atoms with Gasteiger partial charge in [0.15, 0.2) is 0 Å². The van der Waals surface area contributed by atoms with E-state index in [4.69, 9.17) is 14.9 Å². The minimum absolute atomic E-state index is 0.304. The molecule has 4 heterocycles. The first-order chi connectivity index (χ1) is 11.4. The van der Waals surface area contributed by atoms with Crippen LogP contribution in [0, 0.1) is 5.92 Å². The summed E-state index contributed by atoms with van der Waals surface area (Å²) in [6.07, 6.45) is 3.94. The lowest BCUT2D eigenvalue weighted by atomic mass is 9.86. The second-order valence-electron chi connectivity index (χ2n) is 5.50. The van der Waals surface area contributed by atoms with Gasteiger partial charge in [0.2, 0.25) is 5.88 Å². The number of rotatable bonds is 4. The first kappa shape index (κ1) is 18.3. The molecule has 3 fully saturated rings. The van der Waals surface area contributed by atoms with Crippen molar-refractivity contribution in [3.05, 3.63) is 28.9 Å². The second-order valence-corrected chi connectivity index (χ2v) is 6.31. The average Bonchev–Trinajstić information content (AvgIpc) is 2.57. The number of hydrogen-bond acceptors (Lipinski definition) is 6. The maximum atomic E-state index is 9.55. The van der Waals surface area contributed by atoms with Gasteiger partial charge in [-0.05, 0) is 53.8 Å². The monoisotopic (exact) mass is 399 g/mol. The summed E-state index contributed by atoms with van der Waals surface area (Å²) in [6.45, 7) is 3.51. The van der Waals surface area contributed by atoms with Crippen LogP contribution in [0.1, 0.15) is 12.8 Å². The summed E-state index contributed by atoms with van der Waals surface area (Å²) in [4.78, 5) is 21.6. The molecule has 0 spiro atoms. The fourth-order valence-electron chi connectivity index (χ4n) is 2.71. The number of piperidine rings is 3. The summed E-state index contributed by atoms with van der Waals surface area (Å²) in [5.41, 5.74) is 0. The zero-order valence-corrected chi connectivity index (χ0v) is 14.4. The van der Waals surface area contributed by atoms with E-state index in [1.165, 1.54) is 25.9 Å². The minimum atomic E-state index is -1.26. The summed E-state index contributed by atoms with van der Waals surface area (Å²) in [5, 5.41) is 23.6. The van der Waals surface area contributed by atoms with Gasteiger partial charge in [0.1, 0.15) is 10.7 Å². The fraction of sp³-hybridized carbons (Fsp3) is 0.467. The predicted octanol–water partition coefficient (Wildman–Crippen LogP) is 1.42. The molecule has 0 amide bonds. The van der Waals surface area contributed by atoms with Gasteiger partial charge in [0.05, 0.1) is 0 Å². The fourth-order valence-corrected chi connectivity index (χ4v) is 2.92. The van der Waals surface area contributed by atoms with Gasteiger partial charge < -0.3 is 14.9 Å². The van der Waals surface area contributed by atoms with E-state index in [9.17, 15) is 9.59 Å². The molecule has 1 unspecified atom stereocenters. The first-order valence-electron chi connectivity index (χ1n) is 7.46. The van der Waals surface area contributed by atoms with Crippen molar-refractivity contribution in [1.82, 2.24) is 15.1 Å². The van der Waals surface area contributed by atoms with Crippen molar-refractivity contribution in [2.45, 2.75) is 18.9 Å². The van der Waals surface area contributed by atoms with E-state index in [1.807, 2.05) is 12.1 Å². The molecule has 8 nitrogen and oxygen atoms in total. The van der Waals surface area contributed by atoms with Crippen LogP contribution in [0.5, 0.6) is 5.88 Å². The lowest BCUT2D eigenvalue weighted by Gasteiger charge is -2.44. The minimum Gasteiger partial charge on any atom is -0.478 e. The van der Waals surface area contributed by atoms with Crippen molar-refractivity contribution < 1.29 is 24.5 Å². The number of nitrogens with zero attached hydrogens (tertiary/aromatic N) is 3. The molecule has 0 radical (unpaired) electrons. The number of carbonyl (C=O) groups is 2. The smallest absolute Gasteiger partial charge is 0.328 e. The standard InChI is InChI=1S/C11H14BrN3O.C4H4O4/c12-10-1-2-11(14-13-10)16-9-7-15-5-3-8(9)4-6-15;5-3(6)1-2-4(7)8/h1-2,8-9H,3-7H2;1-2H,(H,5,6)(H,7,8)/b;2-1+. The Morgan fingerprint density at radius 1 is 1.17 bits per heavy atom. The number of carboxylic acids is 2. The Morgan fingerprint density at radius 3 is 2.21 bits per heavy atom. The van der Waals surface area contributed by atoms with E-state index in [-0.39, 0.29) is 0 Å². The molecule has 1 aromatic rings. The third-order valence-electron chi connectivity index (χ3n) is 3.84. The van der Waals surface area contributed by atoms with E-state index in [2.05, 4.69) is 31.0 Å². The van der Waals surface area contributed by atoms with Gasteiger partial charge in [-0.25, -0.2) is 9.59 Å². The van der Waals surface area contributed by atoms with Gasteiger partial charge in [0, 0.05) is 24.8 Å². The van der Waals surface area contributed by atoms with Gasteiger partial charge in [0.25, 0.3) is 0 Å². The molecule has 2 bridgehead atoms. The maximum Gasteiger partial charge on any atom is 0.328 e. The van der Waals surface area contributed by atoms with Crippen molar-refractivity contribution in [2.24, 2.45) is 5.92 Å². The summed E-state index contributed by atoms with van der Waals surface area (Å²) < 4.78 is 6.65. The Balaban J connectivity index is 0.000000224. The molecule has 9 heteroatoms. The molecule has 0 saturated carbocycles. The SMILES string of the molecule is Brc1ccc(OC2CN3CCC2CC3)nn1.O=C(O)/C=C/C(=O)O. The summed E-state index contributed by atoms with van der Waals surface area (Å²) in [5.74, 6) is -1.17. The number of aliphatic carboxylic acids is 2. The Morgan fingerprint density at radius 2 is 1.79 bits per heavy atom. The Kier molecular flexibility index (Phi) is 6.68. The molecule has 3 aliphatic rings. The van der Waals surface area contributed by atoms with Crippen LogP contribution in [0.3, 0.4) is 0 Å². The van der Waals surface area contributed by atoms with Crippen LogP contribution in [0.15, 0.2) is 28.9 Å². The molecule has 4 rings (SSSR count). The van der Waals surface area contributed by atoms with E-state index in [1.54, 1.807) is 0 Å². The zero-order valence-electron chi connectivity index (χ0n) is 12.8. The van der Waals surface area contributed by atoms with E-state index >= 15 is 0 Å². The Hall–Kier alpha value is -2.00. The van der Waals surface area contributed by atoms with Crippen molar-refractivity contribution >= 4 is 27.9 Å². The topological polar surface area (TPSA) is 113 Å². The first-order valence-corrected chi connectivity index (χ1v) is 8.25. The molecule has 130 valence electrons. The van der Waals surface area contributed by atoms with Crippen LogP contribution in [-0.4, -0.2) is 63.0 Å². The number of fused-ring (bicyclic) bond motifs is 3. The molecular formula is C15H18BrN3O5. The van der Waals surface area contributed by atoms with Crippen molar-refractivity contribution in [3.8, 4) is 5.88 Å². The molecule has 3 aliphatic heterocycles. The molecule has 0 aliphatic carbocycles. The molecule has 24 heavy (non-hydrogen) atoms. The normalized spacial score (nSPS) is 25.0. The highest BCUT2D eigenvalue weighted by Gasteiger charge is 2.35.